The van der Waals surface area contributed by atoms with Crippen molar-refractivity contribution in [3.05, 3.63) is 59.6 Å². The van der Waals surface area contributed by atoms with Gasteiger partial charge in [0.2, 0.25) is 0 Å². The van der Waals surface area contributed by atoms with E-state index in [4.69, 9.17) is 9.47 Å². The first-order valence-corrected chi connectivity index (χ1v) is 9.75. The molecule has 5 nitrogen and oxygen atoms in total. The average Bonchev–Trinajstić information content (AvgIpc) is 3.22. The van der Waals surface area contributed by atoms with Gasteiger partial charge in [-0.15, -0.1) is 11.3 Å². The van der Waals surface area contributed by atoms with E-state index in [9.17, 15) is 4.79 Å². The maximum Gasteiger partial charge on any atom is 0.278 e. The van der Waals surface area contributed by atoms with Gasteiger partial charge in [0.05, 0.1) is 24.9 Å². The van der Waals surface area contributed by atoms with Crippen molar-refractivity contribution >= 4 is 22.9 Å². The molecule has 1 atom stereocenters. The third kappa shape index (κ3) is 3.28. The van der Waals surface area contributed by atoms with Crippen LogP contribution in [-0.4, -0.2) is 30.6 Å². The monoisotopic (exact) mass is 380 g/mol. The summed E-state index contributed by atoms with van der Waals surface area (Å²) in [4.78, 5) is 19.6. The molecule has 27 heavy (non-hydrogen) atoms. The maximum absolute atomic E-state index is 13.2. The molecule has 1 aliphatic heterocycles. The van der Waals surface area contributed by atoms with E-state index in [1.807, 2.05) is 53.9 Å². The Morgan fingerprint density at radius 2 is 2.04 bits per heavy atom. The van der Waals surface area contributed by atoms with E-state index in [1.165, 1.54) is 11.3 Å². The Morgan fingerprint density at radius 1 is 1.26 bits per heavy atom. The van der Waals surface area contributed by atoms with Gasteiger partial charge in [0.25, 0.3) is 5.91 Å². The molecule has 0 N–H and O–H groups in total. The molecule has 3 aromatic rings. The normalized spacial score (nSPS) is 15.8. The molecule has 0 fully saturated rings. The van der Waals surface area contributed by atoms with Crippen molar-refractivity contribution in [3.8, 4) is 22.1 Å². The van der Waals surface area contributed by atoms with Gasteiger partial charge in [0, 0.05) is 5.38 Å². The molecule has 0 unspecified atom stereocenters. The lowest BCUT2D eigenvalue weighted by molar-refractivity contribution is 0.0950. The van der Waals surface area contributed by atoms with Crippen molar-refractivity contribution in [1.82, 2.24) is 4.98 Å². The zero-order valence-electron chi connectivity index (χ0n) is 15.2. The summed E-state index contributed by atoms with van der Waals surface area (Å²) in [5, 5.41) is 2.58. The van der Waals surface area contributed by atoms with Gasteiger partial charge in [-0.25, -0.2) is 4.98 Å². The fraction of sp³-hybridized carbons (Fsp3) is 0.238. The number of carbonyl (C=O) groups excluding carboxylic acids is 1. The van der Waals surface area contributed by atoms with E-state index >= 15 is 0 Å². The van der Waals surface area contributed by atoms with Gasteiger partial charge in [0.1, 0.15) is 28.3 Å². The van der Waals surface area contributed by atoms with Gasteiger partial charge < -0.3 is 9.47 Å². The summed E-state index contributed by atoms with van der Waals surface area (Å²) in [5.74, 6) is 1.37. The first-order valence-electron chi connectivity index (χ1n) is 8.87. The number of nitrogens with zero attached hydrogens (tertiary/aromatic N) is 2. The van der Waals surface area contributed by atoms with E-state index in [1.54, 1.807) is 12.0 Å². The minimum absolute atomic E-state index is 0.0174. The number of carbonyl (C=O) groups is 1. The Kier molecular flexibility index (Phi) is 4.81. The summed E-state index contributed by atoms with van der Waals surface area (Å²) >= 11 is 1.44. The van der Waals surface area contributed by atoms with Gasteiger partial charge in [-0.1, -0.05) is 31.2 Å². The highest BCUT2D eigenvalue weighted by Crippen LogP contribution is 2.36. The number of aromatic nitrogens is 1. The Hall–Kier alpha value is -2.86. The number of hydrogen-bond acceptors (Lipinski definition) is 5. The number of amides is 1. The van der Waals surface area contributed by atoms with Gasteiger partial charge >= 0.3 is 0 Å². The van der Waals surface area contributed by atoms with Crippen molar-refractivity contribution in [1.29, 1.82) is 0 Å². The summed E-state index contributed by atoms with van der Waals surface area (Å²) < 4.78 is 11.4. The van der Waals surface area contributed by atoms with Gasteiger partial charge in [-0.2, -0.15) is 0 Å². The summed E-state index contributed by atoms with van der Waals surface area (Å²) in [6.07, 6.45) is 0.818. The van der Waals surface area contributed by atoms with Gasteiger partial charge in [-0.3, -0.25) is 9.69 Å². The quantitative estimate of drug-likeness (QED) is 0.662. The molecule has 0 bridgehead atoms. The van der Waals surface area contributed by atoms with Crippen LogP contribution in [-0.2, 0) is 0 Å². The summed E-state index contributed by atoms with van der Waals surface area (Å²) in [6, 6.07) is 15.3. The number of rotatable bonds is 4. The lowest BCUT2D eigenvalue weighted by atomic mass is 10.1. The van der Waals surface area contributed by atoms with Crippen LogP contribution < -0.4 is 14.4 Å². The predicted molar refractivity (Wildman–Crippen MR) is 107 cm³/mol. The lowest BCUT2D eigenvalue weighted by Gasteiger charge is -2.34. The second kappa shape index (κ2) is 7.40. The Morgan fingerprint density at radius 3 is 2.85 bits per heavy atom. The Labute approximate surface area is 162 Å². The smallest absolute Gasteiger partial charge is 0.278 e. The zero-order chi connectivity index (χ0) is 18.8. The first-order chi connectivity index (χ1) is 13.2. The number of methoxy groups -OCH3 is 1. The van der Waals surface area contributed by atoms with Crippen molar-refractivity contribution in [2.45, 2.75) is 19.4 Å². The fourth-order valence-corrected chi connectivity index (χ4v) is 3.98. The number of thiazole rings is 1. The van der Waals surface area contributed by atoms with Crippen molar-refractivity contribution in [3.63, 3.8) is 0 Å². The Balaban J connectivity index is 1.67. The molecule has 1 aliphatic rings. The highest BCUT2D eigenvalue weighted by molar-refractivity contribution is 7.13. The third-order valence-electron chi connectivity index (χ3n) is 4.60. The number of anilines is 1. The molecule has 0 spiro atoms. The van der Waals surface area contributed by atoms with Crippen LogP contribution in [0, 0.1) is 0 Å². The van der Waals surface area contributed by atoms with Crippen LogP contribution in [0.5, 0.6) is 11.5 Å². The van der Waals surface area contributed by atoms with Crippen LogP contribution in [0.2, 0.25) is 0 Å². The molecule has 0 saturated heterocycles. The van der Waals surface area contributed by atoms with Crippen molar-refractivity contribution in [2.24, 2.45) is 0 Å². The maximum atomic E-state index is 13.2. The number of hydrogen-bond donors (Lipinski definition) is 0. The van der Waals surface area contributed by atoms with E-state index < -0.39 is 0 Å². The van der Waals surface area contributed by atoms with Crippen LogP contribution in [0.3, 0.4) is 0 Å². The fourth-order valence-electron chi connectivity index (χ4n) is 3.16. The van der Waals surface area contributed by atoms with Crippen molar-refractivity contribution < 1.29 is 14.3 Å². The first kappa shape index (κ1) is 17.5. The van der Waals surface area contributed by atoms with Crippen LogP contribution in [0.1, 0.15) is 23.8 Å². The highest BCUT2D eigenvalue weighted by atomic mass is 32.1. The van der Waals surface area contributed by atoms with E-state index in [0.29, 0.717) is 12.2 Å². The molecule has 138 valence electrons. The molecule has 2 aromatic carbocycles. The topological polar surface area (TPSA) is 51.7 Å². The molecule has 0 aliphatic carbocycles. The predicted octanol–water partition coefficient (Wildman–Crippen LogP) is 4.64. The van der Waals surface area contributed by atoms with Crippen LogP contribution >= 0.6 is 11.3 Å². The summed E-state index contributed by atoms with van der Waals surface area (Å²) in [5.41, 5.74) is 2.12. The van der Waals surface area contributed by atoms with E-state index in [0.717, 1.165) is 34.2 Å². The van der Waals surface area contributed by atoms with Gasteiger partial charge in [0.15, 0.2) is 0 Å². The molecule has 1 amide bonds. The summed E-state index contributed by atoms with van der Waals surface area (Å²) in [7, 11) is 1.63. The molecule has 2 heterocycles. The average molecular weight is 380 g/mol. The molecule has 6 heteroatoms. The second-order valence-electron chi connectivity index (χ2n) is 6.27. The number of fused-ring (bicyclic) bond motifs is 1. The standard InChI is InChI=1S/C21H20N2O3S/c1-3-14-12-23(17-9-5-7-11-19(17)26-14)21(24)16-13-27-20(22-16)15-8-4-6-10-18(15)25-2/h4-11,13-14H,3,12H2,1-2H3/t14-/m0/s1. The van der Waals surface area contributed by atoms with Gasteiger partial charge in [-0.05, 0) is 30.7 Å². The second-order valence-corrected chi connectivity index (χ2v) is 7.13. The van der Waals surface area contributed by atoms with Crippen LogP contribution in [0.4, 0.5) is 5.69 Å². The minimum Gasteiger partial charge on any atom is -0.496 e. The van der Waals surface area contributed by atoms with Crippen molar-refractivity contribution in [2.75, 3.05) is 18.6 Å². The van der Waals surface area contributed by atoms with E-state index in [-0.39, 0.29) is 12.0 Å². The molecular weight excluding hydrogens is 360 g/mol. The lowest BCUT2D eigenvalue weighted by Crippen LogP contribution is -2.43. The zero-order valence-corrected chi connectivity index (χ0v) is 16.0. The minimum atomic E-state index is -0.110. The summed E-state index contributed by atoms with van der Waals surface area (Å²) in [6.45, 7) is 2.58. The van der Waals surface area contributed by atoms with Crippen LogP contribution in [0.25, 0.3) is 10.6 Å². The molecule has 1 aromatic heterocycles. The molecule has 0 radical (unpaired) electrons. The number of ether oxygens (including phenoxy) is 2. The molecular formula is C21H20N2O3S. The SMILES string of the molecule is CC[C@H]1CN(C(=O)c2csc(-c3ccccc3OC)n2)c2ccccc2O1. The Bertz CT molecular complexity index is 969. The third-order valence-corrected chi connectivity index (χ3v) is 5.47. The van der Waals surface area contributed by atoms with Crippen LogP contribution in [0.15, 0.2) is 53.9 Å². The van der Waals surface area contributed by atoms with E-state index in [2.05, 4.69) is 11.9 Å². The molecule has 4 rings (SSSR count). The number of para-hydroxylation sites is 3. The number of benzene rings is 2. The highest BCUT2D eigenvalue weighted by Gasteiger charge is 2.30. The molecule has 0 saturated carbocycles. The largest absolute Gasteiger partial charge is 0.496 e.